The zero-order valence-electron chi connectivity index (χ0n) is 7.48. The third kappa shape index (κ3) is 3.44. The van der Waals surface area contributed by atoms with Crippen LogP contribution in [0.15, 0.2) is 22.4 Å². The molecule has 68 valence electrons. The van der Waals surface area contributed by atoms with Crippen molar-refractivity contribution in [3.8, 4) is 0 Å². The number of unbranched alkanes of at least 4 members (excludes halogenated alkanes) is 1. The molecule has 0 aromatic carbocycles. The van der Waals surface area contributed by atoms with Crippen LogP contribution in [0.1, 0.15) is 32.6 Å². The van der Waals surface area contributed by atoms with Crippen LogP contribution in [0.3, 0.4) is 0 Å². The molecule has 0 aliphatic heterocycles. The second-order valence-corrected chi connectivity index (χ2v) is 3.97. The summed E-state index contributed by atoms with van der Waals surface area (Å²) in [6, 6.07) is 0. The molecule has 0 fully saturated rings. The standard InChI is InChI=1S/C10H15BrO/c1-2-3-8-12-10-6-4-9(11)5-7-10/h4,6H,2-3,5,7-8H2,1H3. The molecule has 0 amide bonds. The highest BCUT2D eigenvalue weighted by atomic mass is 79.9. The number of halogens is 1. The van der Waals surface area contributed by atoms with Crippen LogP contribution in [0.2, 0.25) is 0 Å². The van der Waals surface area contributed by atoms with Crippen molar-refractivity contribution >= 4 is 15.9 Å². The summed E-state index contributed by atoms with van der Waals surface area (Å²) >= 11 is 3.46. The van der Waals surface area contributed by atoms with Crippen LogP contribution in [-0.2, 0) is 4.74 Å². The minimum Gasteiger partial charge on any atom is -0.498 e. The minimum absolute atomic E-state index is 0.869. The van der Waals surface area contributed by atoms with Gasteiger partial charge >= 0.3 is 0 Å². The average molecular weight is 231 g/mol. The van der Waals surface area contributed by atoms with E-state index in [0.29, 0.717) is 0 Å². The molecule has 12 heavy (non-hydrogen) atoms. The van der Waals surface area contributed by atoms with Gasteiger partial charge in [0.2, 0.25) is 0 Å². The van der Waals surface area contributed by atoms with Crippen LogP contribution in [0.4, 0.5) is 0 Å². The van der Waals surface area contributed by atoms with Gasteiger partial charge in [0.05, 0.1) is 12.4 Å². The zero-order chi connectivity index (χ0) is 8.81. The highest BCUT2D eigenvalue weighted by Crippen LogP contribution is 2.22. The van der Waals surface area contributed by atoms with E-state index in [9.17, 15) is 0 Å². The molecule has 0 bridgehead atoms. The Balaban J connectivity index is 2.24. The van der Waals surface area contributed by atoms with Gasteiger partial charge in [-0.2, -0.15) is 0 Å². The Hall–Kier alpha value is -0.240. The van der Waals surface area contributed by atoms with E-state index in [1.54, 1.807) is 0 Å². The second kappa shape index (κ2) is 5.41. The Morgan fingerprint density at radius 1 is 1.42 bits per heavy atom. The Morgan fingerprint density at radius 3 is 2.83 bits per heavy atom. The summed E-state index contributed by atoms with van der Waals surface area (Å²) in [5, 5.41) is 0. The molecule has 2 heteroatoms. The van der Waals surface area contributed by atoms with Gasteiger partial charge in [-0.05, 0) is 29.5 Å². The summed E-state index contributed by atoms with van der Waals surface area (Å²) in [4.78, 5) is 0. The maximum absolute atomic E-state index is 5.57. The molecule has 0 saturated heterocycles. The highest BCUT2D eigenvalue weighted by Gasteiger charge is 2.04. The maximum Gasteiger partial charge on any atom is 0.0963 e. The van der Waals surface area contributed by atoms with Crippen LogP contribution in [0.25, 0.3) is 0 Å². The van der Waals surface area contributed by atoms with E-state index in [1.807, 2.05) is 0 Å². The third-order valence-electron chi connectivity index (χ3n) is 1.85. The lowest BCUT2D eigenvalue weighted by Crippen LogP contribution is -1.97. The Morgan fingerprint density at radius 2 is 2.25 bits per heavy atom. The Labute approximate surface area is 82.6 Å². The summed E-state index contributed by atoms with van der Waals surface area (Å²) in [6.45, 7) is 3.04. The van der Waals surface area contributed by atoms with E-state index in [2.05, 4.69) is 35.0 Å². The molecule has 0 unspecified atom stereocenters. The van der Waals surface area contributed by atoms with Gasteiger partial charge in [-0.3, -0.25) is 0 Å². The van der Waals surface area contributed by atoms with Crippen molar-refractivity contribution in [1.82, 2.24) is 0 Å². The van der Waals surface area contributed by atoms with Crippen molar-refractivity contribution in [1.29, 1.82) is 0 Å². The largest absolute Gasteiger partial charge is 0.498 e. The molecule has 0 radical (unpaired) electrons. The van der Waals surface area contributed by atoms with Gasteiger partial charge in [0.1, 0.15) is 0 Å². The lowest BCUT2D eigenvalue weighted by Gasteiger charge is -2.12. The summed E-state index contributed by atoms with van der Waals surface area (Å²) < 4.78 is 6.84. The fraction of sp³-hybridized carbons (Fsp3) is 0.600. The van der Waals surface area contributed by atoms with Gasteiger partial charge in [0.25, 0.3) is 0 Å². The number of ether oxygens (including phenoxy) is 1. The Bertz CT molecular complexity index is 194. The van der Waals surface area contributed by atoms with Gasteiger partial charge in [-0.25, -0.2) is 0 Å². The number of hydrogen-bond acceptors (Lipinski definition) is 1. The average Bonchev–Trinajstić information content (AvgIpc) is 2.09. The van der Waals surface area contributed by atoms with Crippen molar-refractivity contribution in [3.63, 3.8) is 0 Å². The van der Waals surface area contributed by atoms with Gasteiger partial charge in [-0.15, -0.1) is 0 Å². The van der Waals surface area contributed by atoms with Crippen molar-refractivity contribution in [2.75, 3.05) is 6.61 Å². The predicted octanol–water partition coefficient (Wildman–Crippen LogP) is 3.76. The van der Waals surface area contributed by atoms with E-state index in [-0.39, 0.29) is 0 Å². The van der Waals surface area contributed by atoms with Crippen molar-refractivity contribution in [2.45, 2.75) is 32.6 Å². The summed E-state index contributed by atoms with van der Waals surface area (Å²) in [7, 11) is 0. The van der Waals surface area contributed by atoms with E-state index < -0.39 is 0 Å². The van der Waals surface area contributed by atoms with Crippen LogP contribution in [0, 0.1) is 0 Å². The smallest absolute Gasteiger partial charge is 0.0963 e. The van der Waals surface area contributed by atoms with E-state index in [0.717, 1.165) is 31.6 Å². The molecular formula is C10H15BrO. The van der Waals surface area contributed by atoms with Crippen LogP contribution in [0.5, 0.6) is 0 Å². The van der Waals surface area contributed by atoms with E-state index in [1.165, 1.54) is 10.9 Å². The first-order chi connectivity index (χ1) is 5.83. The molecule has 0 spiro atoms. The maximum atomic E-state index is 5.57. The number of allylic oxidation sites excluding steroid dienone is 4. The molecule has 0 aromatic rings. The summed E-state index contributed by atoms with van der Waals surface area (Å²) in [5.41, 5.74) is 0. The van der Waals surface area contributed by atoms with Gasteiger partial charge in [-0.1, -0.05) is 29.3 Å². The lowest BCUT2D eigenvalue weighted by molar-refractivity contribution is 0.197. The molecule has 1 aliphatic carbocycles. The van der Waals surface area contributed by atoms with Crippen LogP contribution < -0.4 is 0 Å². The molecule has 0 atom stereocenters. The van der Waals surface area contributed by atoms with Crippen molar-refractivity contribution < 1.29 is 4.74 Å². The van der Waals surface area contributed by atoms with E-state index >= 15 is 0 Å². The normalized spacial score (nSPS) is 16.8. The molecule has 0 aromatic heterocycles. The topological polar surface area (TPSA) is 9.23 Å². The van der Waals surface area contributed by atoms with Gasteiger partial charge in [0, 0.05) is 6.42 Å². The van der Waals surface area contributed by atoms with Crippen molar-refractivity contribution in [3.05, 3.63) is 22.4 Å². The number of rotatable bonds is 4. The van der Waals surface area contributed by atoms with Gasteiger partial charge in [0.15, 0.2) is 0 Å². The molecule has 0 heterocycles. The first-order valence-electron chi connectivity index (χ1n) is 4.51. The first kappa shape index (κ1) is 9.85. The lowest BCUT2D eigenvalue weighted by atomic mass is 10.2. The highest BCUT2D eigenvalue weighted by molar-refractivity contribution is 9.11. The van der Waals surface area contributed by atoms with Crippen molar-refractivity contribution in [2.24, 2.45) is 0 Å². The second-order valence-electron chi connectivity index (χ2n) is 2.95. The molecule has 1 nitrogen and oxygen atoms in total. The minimum atomic E-state index is 0.869. The molecule has 1 aliphatic rings. The fourth-order valence-electron chi connectivity index (χ4n) is 1.06. The monoisotopic (exact) mass is 230 g/mol. The molecule has 0 saturated carbocycles. The quantitative estimate of drug-likeness (QED) is 0.669. The molecular weight excluding hydrogens is 216 g/mol. The van der Waals surface area contributed by atoms with E-state index in [4.69, 9.17) is 4.74 Å². The third-order valence-corrected chi connectivity index (χ3v) is 2.51. The molecule has 0 N–H and O–H groups in total. The Kier molecular flexibility index (Phi) is 4.44. The van der Waals surface area contributed by atoms with Crippen LogP contribution in [-0.4, -0.2) is 6.61 Å². The first-order valence-corrected chi connectivity index (χ1v) is 5.30. The summed E-state index contributed by atoms with van der Waals surface area (Å²) in [5.74, 6) is 1.13. The van der Waals surface area contributed by atoms with Gasteiger partial charge < -0.3 is 4.74 Å². The molecule has 1 rings (SSSR count). The van der Waals surface area contributed by atoms with Crippen LogP contribution >= 0.6 is 15.9 Å². The fourth-order valence-corrected chi connectivity index (χ4v) is 1.39. The summed E-state index contributed by atoms with van der Waals surface area (Å²) in [6.07, 6.45) is 8.61. The zero-order valence-corrected chi connectivity index (χ0v) is 9.06. The SMILES string of the molecule is CCCCOC1=CC=C(Br)CC1. The number of hydrogen-bond donors (Lipinski definition) is 0. The predicted molar refractivity (Wildman–Crippen MR) is 55.2 cm³/mol.